The molecule has 0 saturated heterocycles. The van der Waals surface area contributed by atoms with Gasteiger partial charge in [0.15, 0.2) is 18.0 Å². The number of halogens is 6. The highest BCUT2D eigenvalue weighted by atomic mass is 19.4. The van der Waals surface area contributed by atoms with Gasteiger partial charge in [-0.2, -0.15) is 22.0 Å². The highest BCUT2D eigenvalue weighted by Crippen LogP contribution is 2.45. The second-order valence-electron chi connectivity index (χ2n) is 7.02. The fourth-order valence-electron chi connectivity index (χ4n) is 3.14. The van der Waals surface area contributed by atoms with Crippen LogP contribution >= 0.6 is 0 Å². The number of rotatable bonds is 4. The molecule has 0 radical (unpaired) electrons. The van der Waals surface area contributed by atoms with E-state index in [0.717, 1.165) is 19.1 Å². The van der Waals surface area contributed by atoms with E-state index in [9.17, 15) is 26.3 Å². The quantitative estimate of drug-likeness (QED) is 0.689. The number of hydrogen-bond acceptors (Lipinski definition) is 6. The van der Waals surface area contributed by atoms with Gasteiger partial charge in [-0.1, -0.05) is 0 Å². The molecule has 3 N–H and O–H groups in total. The van der Waals surface area contributed by atoms with E-state index in [1.807, 2.05) is 0 Å². The number of hydrogen-bond donors (Lipinski definition) is 2. The molecule has 0 bridgehead atoms. The van der Waals surface area contributed by atoms with Crippen LogP contribution in [0.3, 0.4) is 0 Å². The monoisotopic (exact) mass is 436 g/mol. The van der Waals surface area contributed by atoms with Crippen LogP contribution in [0.25, 0.3) is 0 Å². The first kappa shape index (κ1) is 21.8. The van der Waals surface area contributed by atoms with Crippen LogP contribution in [0.4, 0.5) is 32.0 Å². The van der Waals surface area contributed by atoms with E-state index in [1.165, 1.54) is 19.9 Å². The molecule has 0 aliphatic carbocycles. The van der Waals surface area contributed by atoms with Gasteiger partial charge in [0.2, 0.25) is 5.76 Å². The van der Waals surface area contributed by atoms with Crippen molar-refractivity contribution in [1.82, 2.24) is 4.98 Å². The highest BCUT2D eigenvalue weighted by molar-refractivity contribution is 5.73. The second-order valence-corrected chi connectivity index (χ2v) is 7.02. The highest BCUT2D eigenvalue weighted by Gasteiger charge is 2.56. The average Bonchev–Trinajstić information content (AvgIpc) is 3.03. The smallest absolute Gasteiger partial charge is 0.451 e. The van der Waals surface area contributed by atoms with Crippen LogP contribution in [-0.4, -0.2) is 23.5 Å². The van der Waals surface area contributed by atoms with Gasteiger partial charge in [-0.05, 0) is 32.0 Å². The molecular weight excluding hydrogens is 418 g/mol. The summed E-state index contributed by atoms with van der Waals surface area (Å²) in [6.07, 6.45) is -4.77. The summed E-state index contributed by atoms with van der Waals surface area (Å²) in [6, 6.07) is 1.59. The van der Waals surface area contributed by atoms with Gasteiger partial charge in [-0.15, -0.1) is 0 Å². The molecule has 30 heavy (non-hydrogen) atoms. The van der Waals surface area contributed by atoms with Crippen molar-refractivity contribution >= 4 is 11.7 Å². The van der Waals surface area contributed by atoms with Gasteiger partial charge in [0.1, 0.15) is 11.5 Å². The molecule has 1 aliphatic rings. The molecule has 2 atom stereocenters. The largest absolute Gasteiger partial charge is 0.459 e. The molecular formula is C18H18F6N4O2. The summed E-state index contributed by atoms with van der Waals surface area (Å²) >= 11 is 0. The minimum atomic E-state index is -4.77. The lowest BCUT2D eigenvalue weighted by Crippen LogP contribution is -2.51. The Hall–Kier alpha value is -2.92. The number of nitrogens with zero attached hydrogens (tertiary/aromatic N) is 2. The average molecular weight is 436 g/mol. The predicted molar refractivity (Wildman–Crippen MR) is 94.6 cm³/mol. The van der Waals surface area contributed by atoms with Gasteiger partial charge in [0.05, 0.1) is 6.04 Å². The van der Waals surface area contributed by atoms with Crippen LogP contribution in [0, 0.1) is 12.7 Å². The van der Waals surface area contributed by atoms with E-state index in [2.05, 4.69) is 24.4 Å². The Morgan fingerprint density at radius 2 is 1.93 bits per heavy atom. The van der Waals surface area contributed by atoms with Crippen molar-refractivity contribution in [3.8, 4) is 0 Å². The van der Waals surface area contributed by atoms with Crippen LogP contribution < -0.4 is 11.1 Å². The summed E-state index contributed by atoms with van der Waals surface area (Å²) in [5.74, 6) is -6.04. The van der Waals surface area contributed by atoms with Crippen molar-refractivity contribution in [3.63, 3.8) is 0 Å². The van der Waals surface area contributed by atoms with Crippen molar-refractivity contribution < 1.29 is 35.5 Å². The van der Waals surface area contributed by atoms with Gasteiger partial charge < -0.3 is 20.2 Å². The van der Waals surface area contributed by atoms with Crippen LogP contribution in [0.1, 0.15) is 42.8 Å². The number of aliphatic imine (C=N–C) groups is 1. The van der Waals surface area contributed by atoms with E-state index >= 15 is 0 Å². The zero-order valence-electron chi connectivity index (χ0n) is 16.1. The summed E-state index contributed by atoms with van der Waals surface area (Å²) in [5.41, 5.74) is 2.19. The molecule has 12 heteroatoms. The third-order valence-electron chi connectivity index (χ3n) is 4.75. The van der Waals surface area contributed by atoms with Crippen LogP contribution in [-0.2, 0) is 16.5 Å². The first-order valence-electron chi connectivity index (χ1n) is 8.71. The lowest BCUT2D eigenvalue weighted by Gasteiger charge is -2.37. The van der Waals surface area contributed by atoms with Crippen molar-refractivity contribution in [2.24, 2.45) is 10.7 Å². The minimum Gasteiger partial charge on any atom is -0.459 e. The molecule has 164 valence electrons. The second kappa shape index (κ2) is 7.10. The van der Waals surface area contributed by atoms with Crippen molar-refractivity contribution in [2.45, 2.75) is 44.5 Å². The zero-order valence-corrected chi connectivity index (χ0v) is 16.1. The summed E-state index contributed by atoms with van der Waals surface area (Å²) in [6.45, 7) is 2.53. The third-order valence-corrected chi connectivity index (χ3v) is 4.75. The number of oxazole rings is 1. The van der Waals surface area contributed by atoms with E-state index < -0.39 is 59.1 Å². The Balaban J connectivity index is 1.98. The molecule has 3 rings (SSSR count). The molecule has 0 spiro atoms. The lowest BCUT2D eigenvalue weighted by molar-refractivity contribution is -0.154. The molecule has 6 nitrogen and oxygen atoms in total. The first-order valence-corrected chi connectivity index (χ1v) is 8.71. The number of amidine groups is 1. The maximum atomic E-state index is 14.5. The van der Waals surface area contributed by atoms with E-state index in [4.69, 9.17) is 5.73 Å². The molecule has 2 heterocycles. The fraction of sp³-hybridized carbons (Fsp3) is 0.444. The lowest BCUT2D eigenvalue weighted by atomic mass is 9.85. The number of alkyl halides is 5. The van der Waals surface area contributed by atoms with E-state index in [-0.39, 0.29) is 11.6 Å². The molecule has 0 amide bonds. The Morgan fingerprint density at radius 1 is 1.27 bits per heavy atom. The van der Waals surface area contributed by atoms with Gasteiger partial charge in [-0.25, -0.2) is 14.4 Å². The van der Waals surface area contributed by atoms with Crippen molar-refractivity contribution in [1.29, 1.82) is 0 Å². The normalized spacial score (nSPS) is 22.2. The zero-order chi connectivity index (χ0) is 22.5. The third kappa shape index (κ3) is 3.77. The summed E-state index contributed by atoms with van der Waals surface area (Å²) < 4.78 is 92.2. The summed E-state index contributed by atoms with van der Waals surface area (Å²) in [5, 5.41) is 2.70. The van der Waals surface area contributed by atoms with Gasteiger partial charge in [-0.3, -0.25) is 0 Å². The standard InChI is InChI=1S/C18H18F6N4O2/c1-8(13-14(18(22,23)24)30-9(2)27-13)26-10-4-5-12(19)11(6-10)16(3)17(20,21)7-29-15(25)28-16/h4-6,8,26H,7H2,1-3H3,(H2,25,28)/t8-,16+/m0/s1. The molecule has 2 aromatic rings. The summed E-state index contributed by atoms with van der Waals surface area (Å²) in [7, 11) is 0. The predicted octanol–water partition coefficient (Wildman–Crippen LogP) is 4.51. The maximum absolute atomic E-state index is 14.5. The van der Waals surface area contributed by atoms with Crippen LogP contribution in [0.2, 0.25) is 0 Å². The maximum Gasteiger partial charge on any atom is 0.451 e. The van der Waals surface area contributed by atoms with E-state index in [1.54, 1.807) is 0 Å². The molecule has 1 aromatic carbocycles. The molecule has 1 aliphatic heterocycles. The van der Waals surface area contributed by atoms with Crippen LogP contribution in [0.5, 0.6) is 0 Å². The Morgan fingerprint density at radius 3 is 2.57 bits per heavy atom. The number of nitrogens with one attached hydrogen (secondary N) is 1. The number of benzene rings is 1. The molecule has 1 aromatic heterocycles. The summed E-state index contributed by atoms with van der Waals surface area (Å²) in [4.78, 5) is 7.36. The van der Waals surface area contributed by atoms with Gasteiger partial charge >= 0.3 is 12.1 Å². The van der Waals surface area contributed by atoms with Gasteiger partial charge in [0, 0.05) is 18.2 Å². The number of anilines is 1. The van der Waals surface area contributed by atoms with Crippen LogP contribution in [0.15, 0.2) is 27.6 Å². The number of aryl methyl sites for hydroxylation is 1. The number of aromatic nitrogens is 1. The molecule has 0 unspecified atom stereocenters. The topological polar surface area (TPSA) is 85.7 Å². The van der Waals surface area contributed by atoms with Crippen molar-refractivity contribution in [3.05, 3.63) is 46.9 Å². The number of nitrogens with two attached hydrogens (primary N) is 1. The van der Waals surface area contributed by atoms with Gasteiger partial charge in [0.25, 0.3) is 6.02 Å². The van der Waals surface area contributed by atoms with E-state index in [0.29, 0.717) is 0 Å². The first-order chi connectivity index (χ1) is 13.7. The fourth-order valence-corrected chi connectivity index (χ4v) is 3.14. The number of ether oxygens (including phenoxy) is 1. The molecule has 0 fully saturated rings. The Bertz CT molecular complexity index is 988. The molecule has 0 saturated carbocycles. The van der Waals surface area contributed by atoms with Crippen molar-refractivity contribution in [2.75, 3.05) is 11.9 Å². The SMILES string of the molecule is Cc1nc([C@H](C)Nc2ccc(F)c([C@@]3(C)N=C(N)OCC3(F)F)c2)c(C(F)(F)F)o1. The Kier molecular flexibility index (Phi) is 5.15. The minimum absolute atomic E-state index is 0.0740. The Labute approximate surface area is 167 Å².